The quantitative estimate of drug-likeness (QED) is 0.801. The zero-order valence-corrected chi connectivity index (χ0v) is 9.78. The van der Waals surface area contributed by atoms with E-state index >= 15 is 0 Å². The van der Waals surface area contributed by atoms with Gasteiger partial charge in [-0.05, 0) is 25.3 Å². The Balaban J connectivity index is 1.93. The molecule has 1 saturated carbocycles. The summed E-state index contributed by atoms with van der Waals surface area (Å²) in [6.07, 6.45) is 4.32. The lowest BCUT2D eigenvalue weighted by Crippen LogP contribution is -2.26. The highest BCUT2D eigenvalue weighted by molar-refractivity contribution is 7.91. The summed E-state index contributed by atoms with van der Waals surface area (Å²) in [6.45, 7) is 0. The third-order valence-corrected chi connectivity index (χ3v) is 5.27. The second-order valence-corrected chi connectivity index (χ2v) is 7.10. The van der Waals surface area contributed by atoms with Gasteiger partial charge in [-0.25, -0.2) is 8.42 Å². The van der Waals surface area contributed by atoms with Crippen molar-refractivity contribution in [3.8, 4) is 0 Å². The van der Waals surface area contributed by atoms with Gasteiger partial charge >= 0.3 is 0 Å². The normalized spacial score (nSPS) is 30.4. The average molecular weight is 241 g/mol. The molecule has 1 aromatic rings. The minimum absolute atomic E-state index is 0.0176. The molecule has 1 unspecified atom stereocenters. The molecule has 1 aliphatic heterocycles. The van der Waals surface area contributed by atoms with Crippen LogP contribution in [0.1, 0.15) is 31.0 Å². The van der Waals surface area contributed by atoms with Crippen LogP contribution in [-0.4, -0.2) is 29.7 Å². The van der Waals surface area contributed by atoms with Crippen molar-refractivity contribution in [3.05, 3.63) is 18.0 Å². The van der Waals surface area contributed by atoms with Crippen LogP contribution in [-0.2, 0) is 15.4 Å². The van der Waals surface area contributed by atoms with Crippen molar-refractivity contribution in [3.63, 3.8) is 0 Å². The Bertz CT molecular complexity index is 516. The van der Waals surface area contributed by atoms with E-state index < -0.39 is 9.84 Å². The monoisotopic (exact) mass is 241 g/mol. The molecule has 1 saturated heterocycles. The number of nitrogens with zero attached hydrogens (tertiary/aromatic N) is 2. The van der Waals surface area contributed by atoms with Crippen molar-refractivity contribution in [2.75, 3.05) is 11.5 Å². The molecule has 3 rings (SSSR count). The largest absolute Gasteiger partial charge is 0.320 e. The Morgan fingerprint density at radius 1 is 1.50 bits per heavy atom. The van der Waals surface area contributed by atoms with Gasteiger partial charge in [-0.1, -0.05) is 0 Å². The third kappa shape index (κ3) is 1.56. The number of rotatable bonds is 2. The first-order valence-corrected chi connectivity index (χ1v) is 7.36. The maximum Gasteiger partial charge on any atom is 0.152 e. The molecule has 0 radical (unpaired) electrons. The van der Waals surface area contributed by atoms with Crippen molar-refractivity contribution in [1.29, 1.82) is 0 Å². The molecule has 5 nitrogen and oxygen atoms in total. The molecule has 2 fully saturated rings. The van der Waals surface area contributed by atoms with E-state index in [0.717, 1.165) is 18.5 Å². The summed E-state index contributed by atoms with van der Waals surface area (Å²) in [6, 6.07) is 1.90. The molecule has 2 heterocycles. The lowest BCUT2D eigenvalue weighted by molar-refractivity contribution is 0.458. The van der Waals surface area contributed by atoms with E-state index in [0.29, 0.717) is 6.42 Å². The topological polar surface area (TPSA) is 78.0 Å². The van der Waals surface area contributed by atoms with Crippen LogP contribution in [0.2, 0.25) is 0 Å². The Hall–Kier alpha value is -0.880. The second-order valence-electron chi connectivity index (χ2n) is 4.87. The van der Waals surface area contributed by atoms with Gasteiger partial charge in [0.2, 0.25) is 0 Å². The van der Waals surface area contributed by atoms with Crippen LogP contribution in [0.15, 0.2) is 12.3 Å². The maximum atomic E-state index is 11.4. The fourth-order valence-corrected chi connectivity index (χ4v) is 4.05. The molecular formula is C10H15N3O2S. The van der Waals surface area contributed by atoms with Gasteiger partial charge in [-0.3, -0.25) is 4.68 Å². The highest BCUT2D eigenvalue weighted by Gasteiger charge is 2.44. The Kier molecular flexibility index (Phi) is 1.98. The number of sulfone groups is 1. The van der Waals surface area contributed by atoms with E-state index in [2.05, 4.69) is 5.10 Å². The average Bonchev–Trinajstić information content (AvgIpc) is 2.67. The smallest absolute Gasteiger partial charge is 0.152 e. The zero-order valence-electron chi connectivity index (χ0n) is 8.96. The van der Waals surface area contributed by atoms with Crippen LogP contribution in [0, 0.1) is 0 Å². The molecule has 16 heavy (non-hydrogen) atoms. The lowest BCUT2D eigenvalue weighted by Gasteiger charge is -2.16. The summed E-state index contributed by atoms with van der Waals surface area (Å²) in [5, 5.41) is 4.24. The maximum absolute atomic E-state index is 11.4. The molecule has 1 aliphatic carbocycles. The fraction of sp³-hybridized carbons (Fsp3) is 0.700. The van der Waals surface area contributed by atoms with Crippen LogP contribution < -0.4 is 5.73 Å². The molecule has 88 valence electrons. The third-order valence-electron chi connectivity index (χ3n) is 3.52. The molecule has 0 bridgehead atoms. The molecule has 0 aromatic carbocycles. The van der Waals surface area contributed by atoms with Crippen molar-refractivity contribution in [1.82, 2.24) is 9.78 Å². The van der Waals surface area contributed by atoms with E-state index in [-0.39, 0.29) is 23.1 Å². The molecule has 2 N–H and O–H groups in total. The predicted molar refractivity (Wildman–Crippen MR) is 59.6 cm³/mol. The van der Waals surface area contributed by atoms with E-state index in [1.54, 1.807) is 6.20 Å². The van der Waals surface area contributed by atoms with Gasteiger partial charge in [0.25, 0.3) is 0 Å². The van der Waals surface area contributed by atoms with E-state index in [1.807, 2.05) is 10.7 Å². The molecule has 2 aliphatic rings. The van der Waals surface area contributed by atoms with Gasteiger partial charge in [0, 0.05) is 6.20 Å². The van der Waals surface area contributed by atoms with Crippen molar-refractivity contribution in [2.24, 2.45) is 5.73 Å². The molecular weight excluding hydrogens is 226 g/mol. The van der Waals surface area contributed by atoms with E-state index in [4.69, 9.17) is 5.73 Å². The lowest BCUT2D eigenvalue weighted by atomic mass is 10.1. The van der Waals surface area contributed by atoms with Crippen LogP contribution in [0.3, 0.4) is 0 Å². The van der Waals surface area contributed by atoms with Crippen LogP contribution in [0.25, 0.3) is 0 Å². The number of nitrogens with two attached hydrogens (primary N) is 1. The SMILES string of the molecule is NC1(c2ccnn2C2CCS(=O)(=O)C2)CC1. The van der Waals surface area contributed by atoms with Gasteiger partial charge < -0.3 is 5.73 Å². The van der Waals surface area contributed by atoms with Crippen molar-refractivity contribution < 1.29 is 8.42 Å². The fourth-order valence-electron chi connectivity index (χ4n) is 2.36. The molecule has 1 atom stereocenters. The molecule has 6 heteroatoms. The number of aromatic nitrogens is 2. The van der Waals surface area contributed by atoms with E-state index in [1.165, 1.54) is 0 Å². The standard InChI is InChI=1S/C10H15N3O2S/c11-10(3-4-10)9-1-5-12-13(9)8-2-6-16(14,15)7-8/h1,5,8H,2-4,6-7,11H2. The first kappa shape index (κ1) is 10.3. The number of hydrogen-bond acceptors (Lipinski definition) is 4. The van der Waals surface area contributed by atoms with Gasteiger partial charge in [0.15, 0.2) is 9.84 Å². The Morgan fingerprint density at radius 2 is 2.25 bits per heavy atom. The van der Waals surface area contributed by atoms with E-state index in [9.17, 15) is 8.42 Å². The Labute approximate surface area is 94.5 Å². The summed E-state index contributed by atoms with van der Waals surface area (Å²) in [5.74, 6) is 0.478. The number of hydrogen-bond donors (Lipinski definition) is 1. The summed E-state index contributed by atoms with van der Waals surface area (Å²) in [7, 11) is -2.86. The highest BCUT2D eigenvalue weighted by atomic mass is 32.2. The highest BCUT2D eigenvalue weighted by Crippen LogP contribution is 2.43. The molecule has 0 spiro atoms. The Morgan fingerprint density at radius 3 is 2.81 bits per heavy atom. The second kappa shape index (κ2) is 3.07. The van der Waals surface area contributed by atoms with Crippen LogP contribution in [0.5, 0.6) is 0 Å². The summed E-state index contributed by atoms with van der Waals surface area (Å²) >= 11 is 0. The summed E-state index contributed by atoms with van der Waals surface area (Å²) in [4.78, 5) is 0. The first-order chi connectivity index (χ1) is 7.50. The van der Waals surface area contributed by atoms with Gasteiger partial charge in [0.05, 0.1) is 28.8 Å². The van der Waals surface area contributed by atoms with Crippen LogP contribution >= 0.6 is 0 Å². The zero-order chi connectivity index (χ0) is 11.4. The van der Waals surface area contributed by atoms with Crippen molar-refractivity contribution >= 4 is 9.84 Å². The summed E-state index contributed by atoms with van der Waals surface area (Å²) in [5.41, 5.74) is 6.89. The minimum Gasteiger partial charge on any atom is -0.320 e. The summed E-state index contributed by atoms with van der Waals surface area (Å²) < 4.78 is 24.7. The van der Waals surface area contributed by atoms with Gasteiger partial charge in [-0.15, -0.1) is 0 Å². The molecule has 0 amide bonds. The van der Waals surface area contributed by atoms with Gasteiger partial charge in [0.1, 0.15) is 0 Å². The minimum atomic E-state index is -2.86. The van der Waals surface area contributed by atoms with Crippen molar-refractivity contribution in [2.45, 2.75) is 30.8 Å². The predicted octanol–water partition coefficient (Wildman–Crippen LogP) is 0.190. The van der Waals surface area contributed by atoms with Gasteiger partial charge in [-0.2, -0.15) is 5.10 Å². The first-order valence-electron chi connectivity index (χ1n) is 5.53. The molecule has 1 aromatic heterocycles. The van der Waals surface area contributed by atoms with Crippen LogP contribution in [0.4, 0.5) is 0 Å².